The summed E-state index contributed by atoms with van der Waals surface area (Å²) < 4.78 is 4.73. The maximum atomic E-state index is 11.3. The highest BCUT2D eigenvalue weighted by atomic mass is 16.5. The Hall–Kier alpha value is -1.83. The summed E-state index contributed by atoms with van der Waals surface area (Å²) in [6.07, 6.45) is 2.61. The summed E-state index contributed by atoms with van der Waals surface area (Å²) in [4.78, 5) is 11.3. The average Bonchev–Trinajstić information content (AvgIpc) is 3.11. The number of ether oxygens (including phenoxy) is 1. The van der Waals surface area contributed by atoms with Crippen molar-refractivity contribution in [2.24, 2.45) is 5.92 Å². The Labute approximate surface area is 95.2 Å². The van der Waals surface area contributed by atoms with Crippen LogP contribution in [0.15, 0.2) is 48.6 Å². The fourth-order valence-corrected chi connectivity index (χ4v) is 1.88. The summed E-state index contributed by atoms with van der Waals surface area (Å²) >= 11 is 0. The standard InChI is InChI=1S/C14H14O2/c1-3-11(10-7-5-4-6-8-10)12-9-13(12)14(15)16-2/h3-8,13H,1,9H2,2H3/b12-11-. The molecule has 1 aromatic rings. The van der Waals surface area contributed by atoms with Crippen LogP contribution in [0.2, 0.25) is 0 Å². The molecule has 16 heavy (non-hydrogen) atoms. The quantitative estimate of drug-likeness (QED) is 0.723. The Kier molecular flexibility index (Phi) is 2.91. The lowest BCUT2D eigenvalue weighted by molar-refractivity contribution is -0.141. The van der Waals surface area contributed by atoms with Gasteiger partial charge in [0.2, 0.25) is 0 Å². The Balaban J connectivity index is 2.29. The molecule has 0 radical (unpaired) electrons. The van der Waals surface area contributed by atoms with E-state index in [1.165, 1.54) is 7.11 Å². The Morgan fingerprint density at radius 3 is 2.69 bits per heavy atom. The third-order valence-electron chi connectivity index (χ3n) is 2.81. The van der Waals surface area contributed by atoms with E-state index in [2.05, 4.69) is 6.58 Å². The first-order valence-corrected chi connectivity index (χ1v) is 5.26. The van der Waals surface area contributed by atoms with Crippen LogP contribution in [0.5, 0.6) is 0 Å². The number of carbonyl (C=O) groups excluding carboxylic acids is 1. The first kappa shape index (κ1) is 10.7. The second-order valence-corrected chi connectivity index (χ2v) is 3.79. The van der Waals surface area contributed by atoms with Crippen LogP contribution in [-0.4, -0.2) is 13.1 Å². The van der Waals surface area contributed by atoms with Crippen LogP contribution >= 0.6 is 0 Å². The van der Waals surface area contributed by atoms with Gasteiger partial charge in [-0.05, 0) is 23.1 Å². The van der Waals surface area contributed by atoms with Gasteiger partial charge in [-0.15, -0.1) is 0 Å². The van der Waals surface area contributed by atoms with Crippen molar-refractivity contribution in [3.8, 4) is 0 Å². The smallest absolute Gasteiger partial charge is 0.313 e. The predicted octanol–water partition coefficient (Wildman–Crippen LogP) is 2.82. The van der Waals surface area contributed by atoms with Gasteiger partial charge in [-0.2, -0.15) is 0 Å². The molecule has 0 heterocycles. The largest absolute Gasteiger partial charge is 0.469 e. The summed E-state index contributed by atoms with van der Waals surface area (Å²) in [5.41, 5.74) is 3.31. The Morgan fingerprint density at radius 2 is 2.12 bits per heavy atom. The van der Waals surface area contributed by atoms with E-state index in [1.54, 1.807) is 0 Å². The van der Waals surface area contributed by atoms with E-state index in [9.17, 15) is 4.79 Å². The minimum atomic E-state index is -0.148. The Bertz CT molecular complexity index is 443. The number of esters is 1. The van der Waals surface area contributed by atoms with Crippen LogP contribution in [0.3, 0.4) is 0 Å². The zero-order valence-electron chi connectivity index (χ0n) is 9.27. The maximum Gasteiger partial charge on any atom is 0.313 e. The van der Waals surface area contributed by atoms with Gasteiger partial charge in [0.05, 0.1) is 13.0 Å². The van der Waals surface area contributed by atoms with Crippen molar-refractivity contribution in [1.29, 1.82) is 0 Å². The van der Waals surface area contributed by atoms with E-state index in [4.69, 9.17) is 4.74 Å². The summed E-state index contributed by atoms with van der Waals surface area (Å²) in [7, 11) is 1.42. The maximum absolute atomic E-state index is 11.3. The first-order valence-electron chi connectivity index (χ1n) is 5.26. The van der Waals surface area contributed by atoms with Crippen molar-refractivity contribution in [2.75, 3.05) is 7.11 Å². The number of carbonyl (C=O) groups is 1. The van der Waals surface area contributed by atoms with Gasteiger partial charge in [-0.1, -0.05) is 43.0 Å². The van der Waals surface area contributed by atoms with E-state index in [-0.39, 0.29) is 11.9 Å². The highest BCUT2D eigenvalue weighted by Gasteiger charge is 2.39. The van der Waals surface area contributed by atoms with Gasteiger partial charge in [0, 0.05) is 0 Å². The summed E-state index contributed by atoms with van der Waals surface area (Å²) in [6, 6.07) is 9.98. The first-order chi connectivity index (χ1) is 7.77. The van der Waals surface area contributed by atoms with Gasteiger partial charge in [0.25, 0.3) is 0 Å². The molecule has 1 aliphatic carbocycles. The molecule has 1 fully saturated rings. The summed E-state index contributed by atoms with van der Waals surface area (Å²) in [5.74, 6) is -0.205. The van der Waals surface area contributed by atoms with E-state index >= 15 is 0 Å². The number of methoxy groups -OCH3 is 1. The van der Waals surface area contributed by atoms with E-state index < -0.39 is 0 Å². The second-order valence-electron chi connectivity index (χ2n) is 3.79. The predicted molar refractivity (Wildman–Crippen MR) is 63.7 cm³/mol. The number of allylic oxidation sites excluding steroid dienone is 2. The molecular formula is C14H14O2. The monoisotopic (exact) mass is 214 g/mol. The molecule has 82 valence electrons. The highest BCUT2D eigenvalue weighted by Crippen LogP contribution is 2.44. The molecule has 1 aromatic carbocycles. The summed E-state index contributed by atoms with van der Waals surface area (Å²) in [6.45, 7) is 3.81. The third-order valence-corrected chi connectivity index (χ3v) is 2.81. The van der Waals surface area contributed by atoms with Crippen molar-refractivity contribution in [3.63, 3.8) is 0 Å². The zero-order valence-corrected chi connectivity index (χ0v) is 9.27. The van der Waals surface area contributed by atoms with E-state index in [0.29, 0.717) is 0 Å². The number of rotatable bonds is 3. The summed E-state index contributed by atoms with van der Waals surface area (Å²) in [5, 5.41) is 0. The lowest BCUT2D eigenvalue weighted by Crippen LogP contribution is -2.02. The zero-order chi connectivity index (χ0) is 11.5. The van der Waals surface area contributed by atoms with Crippen molar-refractivity contribution >= 4 is 11.5 Å². The second kappa shape index (κ2) is 4.35. The molecule has 0 saturated heterocycles. The molecular weight excluding hydrogens is 200 g/mol. The van der Waals surface area contributed by atoms with Crippen LogP contribution in [0.1, 0.15) is 12.0 Å². The minimum Gasteiger partial charge on any atom is -0.469 e. The Morgan fingerprint density at radius 1 is 1.44 bits per heavy atom. The molecule has 2 rings (SSSR count). The van der Waals surface area contributed by atoms with Crippen molar-refractivity contribution in [1.82, 2.24) is 0 Å². The highest BCUT2D eigenvalue weighted by molar-refractivity contribution is 5.89. The SMILES string of the molecule is C=C/C(=C1\CC1C(=O)OC)c1ccccc1. The van der Waals surface area contributed by atoms with Gasteiger partial charge in [-0.25, -0.2) is 0 Å². The van der Waals surface area contributed by atoms with Gasteiger partial charge in [-0.3, -0.25) is 4.79 Å². The van der Waals surface area contributed by atoms with Gasteiger partial charge in [0.1, 0.15) is 0 Å². The molecule has 0 spiro atoms. The van der Waals surface area contributed by atoms with Crippen molar-refractivity contribution in [3.05, 3.63) is 54.1 Å². The molecule has 0 aromatic heterocycles. The van der Waals surface area contributed by atoms with Crippen LogP contribution in [0, 0.1) is 5.92 Å². The van der Waals surface area contributed by atoms with Crippen LogP contribution < -0.4 is 0 Å². The van der Waals surface area contributed by atoms with Crippen LogP contribution in [-0.2, 0) is 9.53 Å². The molecule has 0 amide bonds. The lowest BCUT2D eigenvalue weighted by atomic mass is 10.0. The molecule has 2 nitrogen and oxygen atoms in total. The molecule has 1 aliphatic rings. The van der Waals surface area contributed by atoms with Crippen molar-refractivity contribution in [2.45, 2.75) is 6.42 Å². The molecule has 1 atom stereocenters. The number of hydrogen-bond acceptors (Lipinski definition) is 2. The third kappa shape index (κ3) is 1.91. The fourth-order valence-electron chi connectivity index (χ4n) is 1.88. The molecule has 0 bridgehead atoms. The van der Waals surface area contributed by atoms with E-state index in [0.717, 1.165) is 23.1 Å². The van der Waals surface area contributed by atoms with Crippen LogP contribution in [0.4, 0.5) is 0 Å². The van der Waals surface area contributed by atoms with Crippen molar-refractivity contribution < 1.29 is 9.53 Å². The fraction of sp³-hybridized carbons (Fsp3) is 0.214. The molecule has 0 aliphatic heterocycles. The number of benzene rings is 1. The minimum absolute atomic E-state index is 0.0572. The van der Waals surface area contributed by atoms with Gasteiger partial charge in [0.15, 0.2) is 0 Å². The van der Waals surface area contributed by atoms with Gasteiger partial charge >= 0.3 is 5.97 Å². The van der Waals surface area contributed by atoms with Gasteiger partial charge < -0.3 is 4.74 Å². The normalized spacial score (nSPS) is 21.2. The molecule has 1 saturated carbocycles. The molecule has 2 heteroatoms. The topological polar surface area (TPSA) is 26.3 Å². The average molecular weight is 214 g/mol. The number of hydrogen-bond donors (Lipinski definition) is 0. The van der Waals surface area contributed by atoms with Crippen LogP contribution in [0.25, 0.3) is 5.57 Å². The molecule has 1 unspecified atom stereocenters. The van der Waals surface area contributed by atoms with E-state index in [1.807, 2.05) is 36.4 Å². The molecule has 0 N–H and O–H groups in total. The lowest BCUT2D eigenvalue weighted by Gasteiger charge is -2.01.